The predicted molar refractivity (Wildman–Crippen MR) is 25.8 cm³/mol. The molecule has 0 aromatic rings. The molecule has 0 fully saturated rings. The first-order valence-corrected chi connectivity index (χ1v) is 5.35. The molecule has 0 radical (unpaired) electrons. The van der Waals surface area contributed by atoms with E-state index in [4.69, 9.17) is 5.11 Å². The molecule has 0 rings (SSSR count). The molecule has 0 saturated heterocycles. The van der Waals surface area contributed by atoms with Crippen molar-refractivity contribution in [2.24, 2.45) is 0 Å². The van der Waals surface area contributed by atoms with E-state index in [9.17, 15) is 28.7 Å². The summed E-state index contributed by atoms with van der Waals surface area (Å²) in [5.41, 5.74) is 0. The summed E-state index contributed by atoms with van der Waals surface area (Å²) >= 11 is 0. The van der Waals surface area contributed by atoms with E-state index in [0.29, 0.717) is 0 Å². The summed E-state index contributed by atoms with van der Waals surface area (Å²) < 4.78 is 19.9. The molecule has 0 atom stereocenters. The molecular formula is C2H4Fe2O7P2. The number of hydrogen-bond acceptors (Lipinski definition) is 7. The number of rotatable bonds is 2. The molecule has 0 saturated carbocycles. The van der Waals surface area contributed by atoms with Gasteiger partial charge in [0.15, 0.2) is 0 Å². The molecule has 0 aliphatic heterocycles. The Balaban J connectivity index is -0.000000500. The van der Waals surface area contributed by atoms with Gasteiger partial charge in [0, 0.05) is 0 Å². The van der Waals surface area contributed by atoms with Gasteiger partial charge in [-0.15, -0.1) is 0 Å². The van der Waals surface area contributed by atoms with Gasteiger partial charge in [0.25, 0.3) is 0 Å². The summed E-state index contributed by atoms with van der Waals surface area (Å²) in [6.45, 7) is 0.133. The third-order valence-corrected chi connectivity index (χ3v) is 4.58. The van der Waals surface area contributed by atoms with Crippen molar-refractivity contribution < 1.29 is 67.9 Å². The van der Waals surface area contributed by atoms with E-state index in [2.05, 4.69) is 0 Å². The van der Waals surface area contributed by atoms with Gasteiger partial charge in [-0.1, -0.05) is 0 Å². The normalized spacial score (nSPS) is 12.8. The van der Waals surface area contributed by atoms with Gasteiger partial charge in [0.05, 0.1) is 0 Å². The van der Waals surface area contributed by atoms with E-state index in [-0.39, 0.29) is 41.1 Å². The van der Waals surface area contributed by atoms with Crippen LogP contribution >= 0.6 is 15.2 Å². The maximum Gasteiger partial charge on any atom is 2.00 e. The smallest absolute Gasteiger partial charge is 0.808 e. The zero-order valence-electron chi connectivity index (χ0n) is 6.00. The zero-order valence-corrected chi connectivity index (χ0v) is 10.00. The van der Waals surface area contributed by atoms with Gasteiger partial charge in [-0.2, -0.15) is 0 Å². The third-order valence-electron chi connectivity index (χ3n) is 1.04. The van der Waals surface area contributed by atoms with Crippen molar-refractivity contribution in [1.82, 2.24) is 0 Å². The number of aliphatic hydroxyl groups is 1. The quantitative estimate of drug-likeness (QED) is 0.410. The first-order chi connectivity index (χ1) is 4.50. The molecule has 0 aliphatic carbocycles. The Labute approximate surface area is 95.2 Å². The fourth-order valence-electron chi connectivity index (χ4n) is 0.150. The van der Waals surface area contributed by atoms with Crippen molar-refractivity contribution in [2.75, 3.05) is 0 Å². The van der Waals surface area contributed by atoms with E-state index < -0.39 is 20.3 Å². The van der Waals surface area contributed by atoms with Crippen LogP contribution in [0, 0.1) is 0 Å². The Hall–Kier alpha value is 1.30. The van der Waals surface area contributed by atoms with Crippen molar-refractivity contribution >= 4 is 15.2 Å². The summed E-state index contributed by atoms with van der Waals surface area (Å²) in [4.78, 5) is 39.8. The van der Waals surface area contributed by atoms with Gasteiger partial charge in [0.1, 0.15) is 5.08 Å². The zero-order chi connectivity index (χ0) is 9.50. The van der Waals surface area contributed by atoms with Gasteiger partial charge < -0.3 is 33.8 Å². The number of hydrogen-bond donors (Lipinski definition) is 1. The molecular weight excluding hydrogens is 310 g/mol. The van der Waals surface area contributed by atoms with E-state index in [0.717, 1.165) is 0 Å². The van der Waals surface area contributed by atoms with E-state index in [1.165, 1.54) is 0 Å². The van der Waals surface area contributed by atoms with Gasteiger partial charge in [0.2, 0.25) is 0 Å². The Morgan fingerprint density at radius 1 is 1.00 bits per heavy atom. The summed E-state index contributed by atoms with van der Waals surface area (Å²) in [5, 5.41) is 4.68. The summed E-state index contributed by atoms with van der Waals surface area (Å²) in [6.07, 6.45) is 0. The Bertz CT molecular complexity index is 215. The van der Waals surface area contributed by atoms with Crippen LogP contribution in [0.5, 0.6) is 0 Å². The summed E-state index contributed by atoms with van der Waals surface area (Å²) in [5.74, 6) is 0. The largest absolute Gasteiger partial charge is 2.00 e. The van der Waals surface area contributed by atoms with Crippen LogP contribution < -0.4 is 19.6 Å². The fourth-order valence-corrected chi connectivity index (χ4v) is 1.35. The first kappa shape index (κ1) is 19.8. The van der Waals surface area contributed by atoms with Crippen LogP contribution in [0.15, 0.2) is 0 Å². The van der Waals surface area contributed by atoms with Crippen molar-refractivity contribution in [3.05, 3.63) is 0 Å². The monoisotopic (exact) mass is 314 g/mol. The second-order valence-corrected chi connectivity index (χ2v) is 6.05. The van der Waals surface area contributed by atoms with Gasteiger partial charge in [-0.3, -0.25) is 0 Å². The maximum absolute atomic E-state index is 9.95. The van der Waals surface area contributed by atoms with Crippen LogP contribution in [0.2, 0.25) is 0 Å². The van der Waals surface area contributed by atoms with Crippen LogP contribution in [0.1, 0.15) is 6.92 Å². The molecule has 1 N–H and O–H groups in total. The Morgan fingerprint density at radius 3 is 1.15 bits per heavy atom. The van der Waals surface area contributed by atoms with Crippen LogP contribution in [-0.2, 0) is 43.3 Å². The van der Waals surface area contributed by atoms with Crippen molar-refractivity contribution in [3.63, 3.8) is 0 Å². The molecule has 0 aromatic carbocycles. The molecule has 0 amide bonds. The van der Waals surface area contributed by atoms with E-state index >= 15 is 0 Å². The Morgan fingerprint density at radius 2 is 1.15 bits per heavy atom. The standard InChI is InChI=1S/C2H8O7P2.2Fe/c1-2(3,10(4,5)6)11(7,8)9;;/h3H,1H3,(H2,4,5,6)(H2,7,8,9);;/q;2*+2/p-4. The van der Waals surface area contributed by atoms with Crippen molar-refractivity contribution in [3.8, 4) is 0 Å². The van der Waals surface area contributed by atoms with Crippen molar-refractivity contribution in [2.45, 2.75) is 12.0 Å². The molecule has 80 valence electrons. The molecule has 0 unspecified atom stereocenters. The second kappa shape index (κ2) is 5.40. The van der Waals surface area contributed by atoms with Crippen LogP contribution in [0.3, 0.4) is 0 Å². The van der Waals surface area contributed by atoms with E-state index in [1.54, 1.807) is 0 Å². The van der Waals surface area contributed by atoms with Gasteiger partial charge >= 0.3 is 34.1 Å². The fraction of sp³-hybridized carbons (Fsp3) is 1.00. The van der Waals surface area contributed by atoms with Crippen LogP contribution in [-0.4, -0.2) is 10.2 Å². The molecule has 0 heterocycles. The predicted octanol–water partition coefficient (Wildman–Crippen LogP) is -3.53. The SMILES string of the molecule is CC(O)(P(=O)([O-])[O-])P(=O)([O-])[O-].[Fe+2].[Fe+2]. The summed E-state index contributed by atoms with van der Waals surface area (Å²) in [7, 11) is -11.6. The maximum atomic E-state index is 9.95. The topological polar surface area (TPSA) is 147 Å². The van der Waals surface area contributed by atoms with Crippen LogP contribution in [0.4, 0.5) is 0 Å². The molecule has 0 aliphatic rings. The molecule has 13 heavy (non-hydrogen) atoms. The molecule has 7 nitrogen and oxygen atoms in total. The average Bonchev–Trinajstić information content (AvgIpc) is 1.58. The van der Waals surface area contributed by atoms with Gasteiger partial charge in [-0.05, 0) is 22.1 Å². The average molecular weight is 314 g/mol. The minimum atomic E-state index is -5.82. The Kier molecular flexibility index (Phi) is 8.23. The van der Waals surface area contributed by atoms with E-state index in [1.807, 2.05) is 0 Å². The van der Waals surface area contributed by atoms with Crippen LogP contribution in [0.25, 0.3) is 0 Å². The summed E-state index contributed by atoms with van der Waals surface area (Å²) in [6, 6.07) is 0. The third kappa shape index (κ3) is 4.56. The molecule has 0 bridgehead atoms. The molecule has 0 spiro atoms. The molecule has 11 heteroatoms. The second-order valence-electron chi connectivity index (χ2n) is 1.97. The van der Waals surface area contributed by atoms with Crippen molar-refractivity contribution in [1.29, 1.82) is 0 Å². The first-order valence-electron chi connectivity index (χ1n) is 2.27. The minimum absolute atomic E-state index is 0. The molecule has 0 aromatic heterocycles. The minimum Gasteiger partial charge on any atom is -0.808 e. The van der Waals surface area contributed by atoms with Gasteiger partial charge in [-0.25, -0.2) is 0 Å².